The minimum atomic E-state index is -0.628. The molecule has 122 valence electrons. The van der Waals surface area contributed by atoms with Gasteiger partial charge < -0.3 is 0 Å². The van der Waals surface area contributed by atoms with E-state index < -0.39 is 15.8 Å². The van der Waals surface area contributed by atoms with Crippen LogP contribution in [-0.2, 0) is 0 Å². The Kier molecular flexibility index (Phi) is 4.95. The quantitative estimate of drug-likeness (QED) is 0.512. The predicted octanol–water partition coefficient (Wildman–Crippen LogP) is 2.58. The summed E-state index contributed by atoms with van der Waals surface area (Å²) in [5.74, 6) is -0.628. The lowest BCUT2D eigenvalue weighted by Gasteiger charge is -2.00. The number of aryl methyl sites for hydroxylation is 1. The molecule has 0 aliphatic heterocycles. The number of nitro groups is 2. The number of hydrogen-bond acceptors (Lipinski definition) is 6. The minimum Gasteiger partial charge on any atom is -0.267 e. The van der Waals surface area contributed by atoms with Gasteiger partial charge in [-0.3, -0.25) is 25.0 Å². The first kappa shape index (κ1) is 16.7. The van der Waals surface area contributed by atoms with Gasteiger partial charge in [0.05, 0.1) is 16.1 Å². The van der Waals surface area contributed by atoms with Crippen LogP contribution in [0, 0.1) is 27.2 Å². The molecule has 2 aromatic rings. The van der Waals surface area contributed by atoms with Gasteiger partial charge in [0, 0.05) is 34.9 Å². The van der Waals surface area contributed by atoms with Crippen molar-refractivity contribution >= 4 is 23.5 Å². The van der Waals surface area contributed by atoms with Crippen molar-refractivity contribution < 1.29 is 14.6 Å². The van der Waals surface area contributed by atoms with Gasteiger partial charge in [-0.1, -0.05) is 18.2 Å². The number of carbonyl (C=O) groups excluding carboxylic acids is 1. The van der Waals surface area contributed by atoms with Crippen molar-refractivity contribution in [2.75, 3.05) is 0 Å². The van der Waals surface area contributed by atoms with Crippen molar-refractivity contribution in [2.45, 2.75) is 6.92 Å². The summed E-state index contributed by atoms with van der Waals surface area (Å²) >= 11 is 0. The first-order chi connectivity index (χ1) is 11.4. The number of nitrogens with one attached hydrogen (secondary N) is 1. The van der Waals surface area contributed by atoms with Gasteiger partial charge in [0.2, 0.25) is 0 Å². The Morgan fingerprint density at radius 2 is 1.88 bits per heavy atom. The lowest BCUT2D eigenvalue weighted by molar-refractivity contribution is -0.385. The second-order valence-electron chi connectivity index (χ2n) is 4.81. The number of hydrogen-bond donors (Lipinski definition) is 1. The number of hydrazone groups is 1. The zero-order chi connectivity index (χ0) is 17.7. The van der Waals surface area contributed by atoms with Crippen molar-refractivity contribution in [2.24, 2.45) is 5.10 Å². The van der Waals surface area contributed by atoms with Crippen LogP contribution in [0.5, 0.6) is 0 Å². The van der Waals surface area contributed by atoms with Crippen molar-refractivity contribution in [3.63, 3.8) is 0 Å². The summed E-state index contributed by atoms with van der Waals surface area (Å²) in [5.41, 5.74) is 2.98. The first-order valence-electron chi connectivity index (χ1n) is 6.71. The molecule has 0 spiro atoms. The molecule has 0 bridgehead atoms. The SMILES string of the molecule is Cc1ccc(C=NNC(=O)c2cccc([N+](=O)[O-])c2)cc1[N+](=O)[O-]. The molecular formula is C15H12N4O5. The van der Waals surface area contributed by atoms with Gasteiger partial charge in [0.1, 0.15) is 0 Å². The second kappa shape index (κ2) is 7.09. The Morgan fingerprint density at radius 1 is 1.12 bits per heavy atom. The van der Waals surface area contributed by atoms with Gasteiger partial charge >= 0.3 is 0 Å². The topological polar surface area (TPSA) is 128 Å². The van der Waals surface area contributed by atoms with E-state index in [-0.39, 0.29) is 16.9 Å². The van der Waals surface area contributed by atoms with Crippen LogP contribution in [-0.4, -0.2) is 22.0 Å². The predicted molar refractivity (Wildman–Crippen MR) is 86.0 cm³/mol. The number of rotatable bonds is 5. The van der Waals surface area contributed by atoms with Crippen LogP contribution in [0.4, 0.5) is 11.4 Å². The maximum Gasteiger partial charge on any atom is 0.272 e. The van der Waals surface area contributed by atoms with E-state index in [0.717, 1.165) is 6.07 Å². The largest absolute Gasteiger partial charge is 0.272 e. The van der Waals surface area contributed by atoms with Gasteiger partial charge in [-0.25, -0.2) is 5.43 Å². The van der Waals surface area contributed by atoms with Crippen molar-refractivity contribution in [1.82, 2.24) is 5.43 Å². The lowest BCUT2D eigenvalue weighted by Crippen LogP contribution is -2.17. The number of carbonyl (C=O) groups is 1. The third-order valence-corrected chi connectivity index (χ3v) is 3.13. The zero-order valence-electron chi connectivity index (χ0n) is 12.5. The highest BCUT2D eigenvalue weighted by molar-refractivity contribution is 5.95. The lowest BCUT2D eigenvalue weighted by atomic mass is 10.1. The van der Waals surface area contributed by atoms with Crippen LogP contribution >= 0.6 is 0 Å². The molecule has 0 aliphatic carbocycles. The van der Waals surface area contributed by atoms with E-state index >= 15 is 0 Å². The summed E-state index contributed by atoms with van der Waals surface area (Å²) in [5, 5.41) is 25.2. The Hall–Kier alpha value is -3.62. The first-order valence-corrected chi connectivity index (χ1v) is 6.71. The molecular weight excluding hydrogens is 316 g/mol. The molecule has 1 amide bonds. The molecule has 1 N–H and O–H groups in total. The van der Waals surface area contributed by atoms with Crippen LogP contribution in [0.15, 0.2) is 47.6 Å². The standard InChI is InChI=1S/C15H12N4O5/c1-10-5-6-11(7-14(10)19(23)24)9-16-17-15(20)12-3-2-4-13(8-12)18(21)22/h2-9H,1H3,(H,17,20). The summed E-state index contributed by atoms with van der Waals surface area (Å²) in [7, 11) is 0. The molecule has 24 heavy (non-hydrogen) atoms. The van der Waals surface area contributed by atoms with Gasteiger partial charge in [-0.2, -0.15) is 5.10 Å². The van der Waals surface area contributed by atoms with E-state index in [4.69, 9.17) is 0 Å². The average molecular weight is 328 g/mol. The Labute approximate surface area is 135 Å². The van der Waals surface area contributed by atoms with Crippen LogP contribution in [0.25, 0.3) is 0 Å². The monoisotopic (exact) mass is 328 g/mol. The second-order valence-corrected chi connectivity index (χ2v) is 4.81. The Bertz CT molecular complexity index is 848. The number of benzene rings is 2. The smallest absolute Gasteiger partial charge is 0.267 e. The summed E-state index contributed by atoms with van der Waals surface area (Å²) in [6, 6.07) is 9.72. The molecule has 0 radical (unpaired) electrons. The summed E-state index contributed by atoms with van der Waals surface area (Å²) < 4.78 is 0. The maximum atomic E-state index is 11.9. The molecule has 0 atom stereocenters. The molecule has 0 heterocycles. The van der Waals surface area contributed by atoms with Crippen LogP contribution in [0.2, 0.25) is 0 Å². The molecule has 0 aliphatic rings. The summed E-state index contributed by atoms with van der Waals surface area (Å²) in [6.45, 7) is 1.61. The third-order valence-electron chi connectivity index (χ3n) is 3.13. The highest BCUT2D eigenvalue weighted by atomic mass is 16.6. The zero-order valence-corrected chi connectivity index (χ0v) is 12.5. The molecule has 9 heteroatoms. The molecule has 0 fully saturated rings. The van der Waals surface area contributed by atoms with Crippen molar-refractivity contribution in [1.29, 1.82) is 0 Å². The average Bonchev–Trinajstić information content (AvgIpc) is 2.56. The van der Waals surface area contributed by atoms with E-state index in [9.17, 15) is 25.0 Å². The molecule has 0 unspecified atom stereocenters. The third kappa shape index (κ3) is 3.97. The normalized spacial score (nSPS) is 10.5. The van der Waals surface area contributed by atoms with Crippen molar-refractivity contribution in [3.8, 4) is 0 Å². The van der Waals surface area contributed by atoms with Crippen LogP contribution < -0.4 is 5.43 Å². The van der Waals surface area contributed by atoms with Gasteiger partial charge in [0.15, 0.2) is 0 Å². The highest BCUT2D eigenvalue weighted by Gasteiger charge is 2.11. The van der Waals surface area contributed by atoms with Gasteiger partial charge in [-0.05, 0) is 13.0 Å². The van der Waals surface area contributed by atoms with Gasteiger partial charge in [-0.15, -0.1) is 0 Å². The Balaban J connectivity index is 2.10. The molecule has 0 aromatic heterocycles. The molecule has 9 nitrogen and oxygen atoms in total. The number of non-ortho nitro benzene ring substituents is 1. The molecule has 2 aromatic carbocycles. The fourth-order valence-corrected chi connectivity index (χ4v) is 1.89. The van der Waals surface area contributed by atoms with E-state index in [1.807, 2.05) is 0 Å². The maximum absolute atomic E-state index is 11.9. The minimum absolute atomic E-state index is 0.0519. The number of amides is 1. The fraction of sp³-hybridized carbons (Fsp3) is 0.0667. The molecule has 0 saturated carbocycles. The fourth-order valence-electron chi connectivity index (χ4n) is 1.89. The van der Waals surface area contributed by atoms with E-state index in [1.165, 1.54) is 30.5 Å². The number of nitro benzene ring substituents is 2. The van der Waals surface area contributed by atoms with E-state index in [2.05, 4.69) is 10.5 Å². The van der Waals surface area contributed by atoms with Gasteiger partial charge in [0.25, 0.3) is 17.3 Å². The van der Waals surface area contributed by atoms with Crippen LogP contribution in [0.1, 0.15) is 21.5 Å². The number of nitrogens with zero attached hydrogens (tertiary/aromatic N) is 3. The van der Waals surface area contributed by atoms with Crippen molar-refractivity contribution in [3.05, 3.63) is 79.4 Å². The molecule has 2 rings (SSSR count). The Morgan fingerprint density at radius 3 is 2.54 bits per heavy atom. The van der Waals surface area contributed by atoms with E-state index in [1.54, 1.807) is 19.1 Å². The highest BCUT2D eigenvalue weighted by Crippen LogP contribution is 2.18. The summed E-state index contributed by atoms with van der Waals surface area (Å²) in [4.78, 5) is 32.3. The van der Waals surface area contributed by atoms with Crippen LogP contribution in [0.3, 0.4) is 0 Å². The van der Waals surface area contributed by atoms with E-state index in [0.29, 0.717) is 11.1 Å². The summed E-state index contributed by atoms with van der Waals surface area (Å²) in [6.07, 6.45) is 1.25. The molecule has 0 saturated heterocycles.